The van der Waals surface area contributed by atoms with Crippen LogP contribution < -0.4 is 5.32 Å². The molecule has 4 heteroatoms. The summed E-state index contributed by atoms with van der Waals surface area (Å²) in [6, 6.07) is 12.5. The van der Waals surface area contributed by atoms with E-state index in [2.05, 4.69) is 24.4 Å². The number of phenols is 2. The Balaban J connectivity index is 1.92. The minimum atomic E-state index is -0.372. The van der Waals surface area contributed by atoms with Crippen LogP contribution in [-0.4, -0.2) is 16.1 Å². The van der Waals surface area contributed by atoms with Gasteiger partial charge in [0.2, 0.25) is 5.91 Å². The van der Waals surface area contributed by atoms with Crippen molar-refractivity contribution in [2.75, 3.05) is 5.32 Å². The van der Waals surface area contributed by atoms with Crippen molar-refractivity contribution in [1.29, 1.82) is 0 Å². The minimum absolute atomic E-state index is 0.177. The summed E-state index contributed by atoms with van der Waals surface area (Å²) in [5.74, 6) is -0.978. The van der Waals surface area contributed by atoms with Gasteiger partial charge >= 0.3 is 0 Å². The van der Waals surface area contributed by atoms with Crippen LogP contribution in [0.4, 0.5) is 5.69 Å². The van der Waals surface area contributed by atoms with E-state index in [9.17, 15) is 15.0 Å². The monoisotopic (exact) mass is 325 g/mol. The molecule has 0 aliphatic rings. The molecule has 2 aromatic carbocycles. The maximum atomic E-state index is 11.9. The smallest absolute Gasteiger partial charge is 0.248 e. The summed E-state index contributed by atoms with van der Waals surface area (Å²) in [4.78, 5) is 11.9. The molecular weight excluding hydrogens is 302 g/mol. The molecule has 0 aliphatic heterocycles. The first kappa shape index (κ1) is 17.6. The Morgan fingerprint density at radius 3 is 2.54 bits per heavy atom. The molecule has 0 unspecified atom stereocenters. The average Bonchev–Trinajstić information content (AvgIpc) is 2.58. The maximum Gasteiger partial charge on any atom is 0.248 e. The Kier molecular flexibility index (Phi) is 6.43. The average molecular weight is 325 g/mol. The zero-order chi connectivity index (χ0) is 17.4. The molecule has 0 saturated heterocycles. The molecule has 4 nitrogen and oxygen atoms in total. The number of amides is 1. The van der Waals surface area contributed by atoms with E-state index in [0.717, 1.165) is 12.0 Å². The molecule has 0 saturated carbocycles. The van der Waals surface area contributed by atoms with Gasteiger partial charge in [-0.1, -0.05) is 50.1 Å². The predicted molar refractivity (Wildman–Crippen MR) is 97.1 cm³/mol. The number of carbonyl (C=O) groups excluding carboxylic acids is 1. The number of rotatable bonds is 7. The number of carbonyl (C=O) groups is 1. The zero-order valence-electron chi connectivity index (χ0n) is 13.8. The lowest BCUT2D eigenvalue weighted by Gasteiger charge is -2.06. The molecule has 0 heterocycles. The summed E-state index contributed by atoms with van der Waals surface area (Å²) in [6.07, 6.45) is 7.84. The molecular formula is C20H23NO3. The van der Waals surface area contributed by atoms with Gasteiger partial charge in [-0.2, -0.15) is 0 Å². The minimum Gasteiger partial charge on any atom is -0.504 e. The molecule has 2 rings (SSSR count). The van der Waals surface area contributed by atoms with E-state index in [1.54, 1.807) is 12.1 Å². The van der Waals surface area contributed by atoms with Crippen molar-refractivity contribution in [3.63, 3.8) is 0 Å². The van der Waals surface area contributed by atoms with E-state index in [0.29, 0.717) is 0 Å². The largest absolute Gasteiger partial charge is 0.504 e. The van der Waals surface area contributed by atoms with Crippen molar-refractivity contribution >= 4 is 17.7 Å². The lowest BCUT2D eigenvalue weighted by Crippen LogP contribution is -2.07. The SMILES string of the molecule is CCCCCc1ccc(/C=C/C(=O)Nc2cccc(O)c2O)cc1. The second kappa shape index (κ2) is 8.77. The standard InChI is InChI=1S/C20H23NO3/c1-2-3-4-6-15-9-11-16(12-10-15)13-14-19(23)21-17-7-5-8-18(22)20(17)24/h5,7-14,22,24H,2-4,6H2,1H3,(H,21,23)/b14-13+. The van der Waals surface area contributed by atoms with Crippen LogP contribution in [0.15, 0.2) is 48.5 Å². The summed E-state index contributed by atoms with van der Waals surface area (Å²) in [5, 5.41) is 21.6. The number of phenolic OH excluding ortho intramolecular Hbond substituents is 2. The van der Waals surface area contributed by atoms with Crippen molar-refractivity contribution in [2.45, 2.75) is 32.6 Å². The second-order valence-corrected chi connectivity index (χ2v) is 5.69. The third kappa shape index (κ3) is 5.16. The number of anilines is 1. The number of aryl methyl sites for hydroxylation is 1. The quantitative estimate of drug-likeness (QED) is 0.399. The molecule has 0 aliphatic carbocycles. The number of unbranched alkanes of at least 4 members (excludes halogenated alkanes) is 2. The zero-order valence-corrected chi connectivity index (χ0v) is 13.8. The van der Waals surface area contributed by atoms with E-state index in [-0.39, 0.29) is 23.1 Å². The van der Waals surface area contributed by atoms with Gasteiger partial charge in [-0.05, 0) is 42.2 Å². The summed E-state index contributed by atoms with van der Waals surface area (Å²) in [7, 11) is 0. The number of nitrogens with one attached hydrogen (secondary N) is 1. The van der Waals surface area contributed by atoms with Gasteiger partial charge in [0, 0.05) is 6.08 Å². The molecule has 1 amide bonds. The first-order valence-electron chi connectivity index (χ1n) is 8.19. The molecule has 24 heavy (non-hydrogen) atoms. The molecule has 3 N–H and O–H groups in total. The molecule has 0 radical (unpaired) electrons. The molecule has 0 atom stereocenters. The van der Waals surface area contributed by atoms with Crippen LogP contribution in [0.2, 0.25) is 0 Å². The number of hydrogen-bond donors (Lipinski definition) is 3. The Morgan fingerprint density at radius 2 is 1.83 bits per heavy atom. The summed E-state index contributed by atoms with van der Waals surface area (Å²) in [5.41, 5.74) is 2.41. The fourth-order valence-corrected chi connectivity index (χ4v) is 2.35. The van der Waals surface area contributed by atoms with Gasteiger partial charge in [-0.25, -0.2) is 0 Å². The summed E-state index contributed by atoms with van der Waals surface area (Å²) >= 11 is 0. The highest BCUT2D eigenvalue weighted by atomic mass is 16.3. The number of hydrogen-bond acceptors (Lipinski definition) is 3. The third-order valence-electron chi connectivity index (χ3n) is 3.75. The van der Waals surface area contributed by atoms with E-state index in [1.165, 1.54) is 43.0 Å². The summed E-state index contributed by atoms with van der Waals surface area (Å²) < 4.78 is 0. The van der Waals surface area contributed by atoms with Gasteiger partial charge in [0.15, 0.2) is 11.5 Å². The van der Waals surface area contributed by atoms with E-state index in [1.807, 2.05) is 12.1 Å². The van der Waals surface area contributed by atoms with Crippen LogP contribution in [0.5, 0.6) is 11.5 Å². The summed E-state index contributed by atoms with van der Waals surface area (Å²) in [6.45, 7) is 2.19. The Morgan fingerprint density at radius 1 is 1.08 bits per heavy atom. The molecule has 0 spiro atoms. The predicted octanol–water partition coefficient (Wildman–Crippen LogP) is 4.48. The van der Waals surface area contributed by atoms with Crippen LogP contribution in [0.1, 0.15) is 37.3 Å². The van der Waals surface area contributed by atoms with Crippen molar-refractivity contribution < 1.29 is 15.0 Å². The Labute approximate surface area is 142 Å². The number of benzene rings is 2. The number of aromatic hydroxyl groups is 2. The molecule has 2 aromatic rings. The van der Waals surface area contributed by atoms with Gasteiger partial charge in [0.05, 0.1) is 5.69 Å². The Hall–Kier alpha value is -2.75. The van der Waals surface area contributed by atoms with E-state index < -0.39 is 0 Å². The highest BCUT2D eigenvalue weighted by molar-refractivity contribution is 6.02. The molecule has 126 valence electrons. The topological polar surface area (TPSA) is 69.6 Å². The highest BCUT2D eigenvalue weighted by Gasteiger charge is 2.07. The Bertz CT molecular complexity index is 705. The molecule has 0 fully saturated rings. The van der Waals surface area contributed by atoms with Crippen LogP contribution >= 0.6 is 0 Å². The van der Waals surface area contributed by atoms with Crippen molar-refractivity contribution in [1.82, 2.24) is 0 Å². The normalized spacial score (nSPS) is 10.9. The lowest BCUT2D eigenvalue weighted by molar-refractivity contribution is -0.111. The first-order chi connectivity index (χ1) is 11.6. The van der Waals surface area contributed by atoms with Gasteiger partial charge in [0.1, 0.15) is 0 Å². The van der Waals surface area contributed by atoms with Gasteiger partial charge in [-0.3, -0.25) is 4.79 Å². The van der Waals surface area contributed by atoms with E-state index >= 15 is 0 Å². The van der Waals surface area contributed by atoms with Gasteiger partial charge < -0.3 is 15.5 Å². The van der Waals surface area contributed by atoms with Crippen LogP contribution in [0.3, 0.4) is 0 Å². The van der Waals surface area contributed by atoms with Gasteiger partial charge in [0.25, 0.3) is 0 Å². The molecule has 0 bridgehead atoms. The van der Waals surface area contributed by atoms with Crippen LogP contribution in [-0.2, 0) is 11.2 Å². The van der Waals surface area contributed by atoms with Crippen molar-refractivity contribution in [3.8, 4) is 11.5 Å². The van der Waals surface area contributed by atoms with Crippen LogP contribution in [0.25, 0.3) is 6.08 Å². The maximum absolute atomic E-state index is 11.9. The van der Waals surface area contributed by atoms with Crippen molar-refractivity contribution in [2.24, 2.45) is 0 Å². The third-order valence-corrected chi connectivity index (χ3v) is 3.75. The van der Waals surface area contributed by atoms with Crippen molar-refractivity contribution in [3.05, 3.63) is 59.7 Å². The molecule has 0 aromatic heterocycles. The first-order valence-corrected chi connectivity index (χ1v) is 8.19. The van der Waals surface area contributed by atoms with Crippen LogP contribution in [0, 0.1) is 0 Å². The van der Waals surface area contributed by atoms with Gasteiger partial charge in [-0.15, -0.1) is 0 Å². The second-order valence-electron chi connectivity index (χ2n) is 5.69. The fourth-order valence-electron chi connectivity index (χ4n) is 2.35. The fraction of sp³-hybridized carbons (Fsp3) is 0.250. The number of para-hydroxylation sites is 1. The highest BCUT2D eigenvalue weighted by Crippen LogP contribution is 2.32. The van der Waals surface area contributed by atoms with E-state index in [4.69, 9.17) is 0 Å². The lowest BCUT2D eigenvalue weighted by atomic mass is 10.1.